The number of carboxylic acid groups (broad SMARTS) is 1. The maximum atomic E-state index is 13.4. The molecule has 0 aliphatic rings. The van der Waals surface area contributed by atoms with Gasteiger partial charge >= 0.3 is 12.0 Å². The third-order valence-corrected chi connectivity index (χ3v) is 3.05. The van der Waals surface area contributed by atoms with Gasteiger partial charge in [-0.15, -0.1) is 0 Å². The third-order valence-electron chi connectivity index (χ3n) is 3.05. The Kier molecular flexibility index (Phi) is 5.57. The largest absolute Gasteiger partial charge is 0.480 e. The molecule has 0 unspecified atom stereocenters. The molecule has 116 valence electrons. The van der Waals surface area contributed by atoms with Crippen LogP contribution >= 0.6 is 0 Å². The number of benzene rings is 1. The molecule has 2 atom stereocenters. The van der Waals surface area contributed by atoms with Gasteiger partial charge in [0.25, 0.3) is 0 Å². The molecule has 0 saturated heterocycles. The summed E-state index contributed by atoms with van der Waals surface area (Å²) in [6, 6.07) is -0.708. The van der Waals surface area contributed by atoms with Crippen LogP contribution in [0.2, 0.25) is 0 Å². The van der Waals surface area contributed by atoms with Gasteiger partial charge < -0.3 is 15.7 Å². The average molecular weight is 304 g/mol. The number of aliphatic carboxylic acids is 1. The van der Waals surface area contributed by atoms with Crippen LogP contribution in [0.15, 0.2) is 12.1 Å². The van der Waals surface area contributed by atoms with E-state index in [1.165, 1.54) is 0 Å². The molecular formula is C13H15F3N2O3. The second kappa shape index (κ2) is 6.96. The fourth-order valence-electron chi connectivity index (χ4n) is 1.61. The highest BCUT2D eigenvalue weighted by Crippen LogP contribution is 2.19. The lowest BCUT2D eigenvalue weighted by Gasteiger charge is -2.20. The molecule has 0 aliphatic carbocycles. The molecule has 1 aromatic rings. The van der Waals surface area contributed by atoms with Crippen molar-refractivity contribution < 1.29 is 27.9 Å². The van der Waals surface area contributed by atoms with Crippen molar-refractivity contribution in [3.8, 4) is 0 Å². The Morgan fingerprint density at radius 2 is 1.86 bits per heavy atom. The molecule has 2 amide bonds. The summed E-state index contributed by atoms with van der Waals surface area (Å²) >= 11 is 0. The first kappa shape index (κ1) is 16.8. The maximum absolute atomic E-state index is 13.4. The minimum Gasteiger partial charge on any atom is -0.480 e. The van der Waals surface area contributed by atoms with Crippen LogP contribution in [-0.4, -0.2) is 23.1 Å². The number of rotatable bonds is 5. The Balaban J connectivity index is 2.82. The van der Waals surface area contributed by atoms with Crippen molar-refractivity contribution >= 4 is 17.7 Å². The number of carboxylic acids is 1. The number of hydrogen-bond donors (Lipinski definition) is 3. The molecule has 0 aliphatic heterocycles. The highest BCUT2D eigenvalue weighted by atomic mass is 19.2. The molecule has 0 heterocycles. The van der Waals surface area contributed by atoms with Crippen LogP contribution < -0.4 is 10.6 Å². The van der Waals surface area contributed by atoms with Crippen LogP contribution in [0, 0.1) is 23.4 Å². The second-order valence-corrected chi connectivity index (χ2v) is 4.52. The average Bonchev–Trinajstić information content (AvgIpc) is 2.44. The minimum absolute atomic E-state index is 0.358. The lowest BCUT2D eigenvalue weighted by Crippen LogP contribution is -2.46. The summed E-state index contributed by atoms with van der Waals surface area (Å²) in [5, 5.41) is 13.1. The number of anilines is 1. The number of halogens is 3. The summed E-state index contributed by atoms with van der Waals surface area (Å²) in [5.41, 5.74) is -0.584. The highest BCUT2D eigenvalue weighted by Gasteiger charge is 2.26. The third kappa shape index (κ3) is 4.11. The number of amides is 2. The van der Waals surface area contributed by atoms with Gasteiger partial charge in [-0.05, 0) is 18.1 Å². The van der Waals surface area contributed by atoms with Crippen molar-refractivity contribution in [3.05, 3.63) is 29.6 Å². The molecule has 0 radical (unpaired) electrons. The first-order chi connectivity index (χ1) is 9.77. The van der Waals surface area contributed by atoms with Gasteiger partial charge in [-0.1, -0.05) is 20.3 Å². The standard InChI is InChI=1S/C13H15F3N2O3/c1-3-6(2)11(12(19)20)18-13(21)17-8-5-4-7(14)9(15)10(8)16/h4-6,11H,3H2,1-2H3,(H,19,20)(H2,17,18,21)/t6-,11-/m0/s1. The van der Waals surface area contributed by atoms with E-state index in [4.69, 9.17) is 5.11 Å². The first-order valence-corrected chi connectivity index (χ1v) is 6.21. The number of carbonyl (C=O) groups is 2. The molecule has 3 N–H and O–H groups in total. The summed E-state index contributed by atoms with van der Waals surface area (Å²) in [7, 11) is 0. The second-order valence-electron chi connectivity index (χ2n) is 4.52. The quantitative estimate of drug-likeness (QED) is 0.732. The lowest BCUT2D eigenvalue weighted by molar-refractivity contribution is -0.140. The molecule has 0 bridgehead atoms. The Morgan fingerprint density at radius 3 is 2.38 bits per heavy atom. The fourth-order valence-corrected chi connectivity index (χ4v) is 1.61. The van der Waals surface area contributed by atoms with E-state index in [-0.39, 0.29) is 5.92 Å². The van der Waals surface area contributed by atoms with E-state index in [0.29, 0.717) is 12.5 Å². The first-order valence-electron chi connectivity index (χ1n) is 6.21. The van der Waals surface area contributed by atoms with Crippen molar-refractivity contribution in [1.29, 1.82) is 0 Å². The molecule has 0 saturated carbocycles. The van der Waals surface area contributed by atoms with Crippen LogP contribution in [0.4, 0.5) is 23.7 Å². The van der Waals surface area contributed by atoms with E-state index in [2.05, 4.69) is 5.32 Å². The summed E-state index contributed by atoms with van der Waals surface area (Å²) in [6.07, 6.45) is 0.497. The minimum atomic E-state index is -1.72. The van der Waals surface area contributed by atoms with Crippen molar-refractivity contribution in [2.45, 2.75) is 26.3 Å². The van der Waals surface area contributed by atoms with Crippen LogP contribution in [0.3, 0.4) is 0 Å². The molecule has 0 spiro atoms. The number of carbonyl (C=O) groups excluding carboxylic acids is 1. The zero-order valence-corrected chi connectivity index (χ0v) is 11.4. The van der Waals surface area contributed by atoms with E-state index in [1.807, 2.05) is 5.32 Å². The van der Waals surface area contributed by atoms with Gasteiger partial charge in [0.05, 0.1) is 5.69 Å². The summed E-state index contributed by atoms with van der Waals surface area (Å²) < 4.78 is 39.1. The van der Waals surface area contributed by atoms with Crippen molar-refractivity contribution in [2.75, 3.05) is 5.32 Å². The predicted molar refractivity (Wildman–Crippen MR) is 69.3 cm³/mol. The SMILES string of the molecule is CC[C@H](C)[C@H](NC(=O)Nc1ccc(F)c(F)c1F)C(=O)O. The lowest BCUT2D eigenvalue weighted by atomic mass is 9.99. The van der Waals surface area contributed by atoms with E-state index in [9.17, 15) is 22.8 Å². The van der Waals surface area contributed by atoms with Gasteiger partial charge in [-0.3, -0.25) is 0 Å². The van der Waals surface area contributed by atoms with Crippen LogP contribution in [-0.2, 0) is 4.79 Å². The number of urea groups is 1. The maximum Gasteiger partial charge on any atom is 0.326 e. The Bertz CT molecular complexity index is 552. The van der Waals surface area contributed by atoms with E-state index in [0.717, 1.165) is 6.07 Å². The fraction of sp³-hybridized carbons (Fsp3) is 0.385. The molecule has 5 nitrogen and oxygen atoms in total. The molecule has 1 rings (SSSR count). The van der Waals surface area contributed by atoms with Crippen molar-refractivity contribution in [2.24, 2.45) is 5.92 Å². The number of nitrogens with one attached hydrogen (secondary N) is 2. The summed E-state index contributed by atoms with van der Waals surface area (Å²) in [4.78, 5) is 22.7. The van der Waals surface area contributed by atoms with Gasteiger partial charge in [0.2, 0.25) is 0 Å². The van der Waals surface area contributed by atoms with Crippen LogP contribution in [0.25, 0.3) is 0 Å². The van der Waals surface area contributed by atoms with Gasteiger partial charge in [0.1, 0.15) is 6.04 Å². The normalized spacial score (nSPS) is 13.4. The predicted octanol–water partition coefficient (Wildman–Crippen LogP) is 2.72. The zero-order chi connectivity index (χ0) is 16.2. The Labute approximate surface area is 119 Å². The topological polar surface area (TPSA) is 78.4 Å². The molecule has 8 heteroatoms. The van der Waals surface area contributed by atoms with Gasteiger partial charge in [0, 0.05) is 0 Å². The summed E-state index contributed by atoms with van der Waals surface area (Å²) in [6.45, 7) is 3.37. The van der Waals surface area contributed by atoms with Gasteiger partial charge in [0.15, 0.2) is 17.5 Å². The van der Waals surface area contributed by atoms with Gasteiger partial charge in [-0.2, -0.15) is 0 Å². The molecule has 0 aromatic heterocycles. The Hall–Kier alpha value is -2.25. The summed E-state index contributed by atoms with van der Waals surface area (Å²) in [5.74, 6) is -6.26. The molecule has 0 fully saturated rings. The smallest absolute Gasteiger partial charge is 0.326 e. The van der Waals surface area contributed by atoms with Crippen LogP contribution in [0.1, 0.15) is 20.3 Å². The monoisotopic (exact) mass is 304 g/mol. The molecular weight excluding hydrogens is 289 g/mol. The number of hydrogen-bond acceptors (Lipinski definition) is 2. The Morgan fingerprint density at radius 1 is 1.24 bits per heavy atom. The van der Waals surface area contributed by atoms with Gasteiger partial charge in [-0.25, -0.2) is 22.8 Å². The molecule has 21 heavy (non-hydrogen) atoms. The van der Waals surface area contributed by atoms with E-state index in [1.54, 1.807) is 13.8 Å². The van der Waals surface area contributed by atoms with E-state index >= 15 is 0 Å². The van der Waals surface area contributed by atoms with Crippen molar-refractivity contribution in [3.63, 3.8) is 0 Å². The molecule has 1 aromatic carbocycles. The highest BCUT2D eigenvalue weighted by molar-refractivity contribution is 5.92. The van der Waals surface area contributed by atoms with Crippen molar-refractivity contribution in [1.82, 2.24) is 5.32 Å². The van der Waals surface area contributed by atoms with E-state index < -0.39 is 41.2 Å². The van der Waals surface area contributed by atoms with Crippen LogP contribution in [0.5, 0.6) is 0 Å². The zero-order valence-electron chi connectivity index (χ0n) is 11.4.